The predicted octanol–water partition coefficient (Wildman–Crippen LogP) is 7.82. The maximum atomic E-state index is 4.87. The fourth-order valence-corrected chi connectivity index (χ4v) is 6.24. The molecule has 0 aliphatic carbocycles. The first kappa shape index (κ1) is 23.5. The quantitative estimate of drug-likeness (QED) is 0.146. The van der Waals surface area contributed by atoms with Crippen LogP contribution in [0.5, 0.6) is 0 Å². The summed E-state index contributed by atoms with van der Waals surface area (Å²) in [6, 6.07) is 34.8. The zero-order valence-electron chi connectivity index (χ0n) is 19.5. The zero-order chi connectivity index (χ0) is 25.0. The lowest BCUT2D eigenvalue weighted by Crippen LogP contribution is -2.13. The molecule has 0 aliphatic rings. The number of para-hydroxylation sites is 2. The Kier molecular flexibility index (Phi) is 6.77. The third-order valence-corrected chi connectivity index (χ3v) is 8.15. The molecule has 0 fully saturated rings. The molecule has 0 spiro atoms. The highest BCUT2D eigenvalue weighted by Crippen LogP contribution is 2.32. The summed E-state index contributed by atoms with van der Waals surface area (Å²) in [5.74, 6) is 0. The molecule has 0 amide bonds. The van der Waals surface area contributed by atoms with Crippen molar-refractivity contribution in [2.24, 2.45) is 10.2 Å². The fraction of sp³-hybridized carbons (Fsp3) is 0. The van der Waals surface area contributed by atoms with Crippen LogP contribution in [-0.2, 0) is 0 Å². The number of benzene rings is 3. The normalized spacial score (nSPS) is 12.0. The SMILES string of the molecule is Brc1ccc(-c2nn(-c3ccccc3)cc2/C=N/N=c2\scc(-c3ccccc3)n2-c2ccccc2)s1. The Bertz CT molecular complexity index is 1730. The topological polar surface area (TPSA) is 47.5 Å². The number of hydrogen-bond acceptors (Lipinski definition) is 5. The Morgan fingerprint density at radius 2 is 1.46 bits per heavy atom. The van der Waals surface area contributed by atoms with Gasteiger partial charge in [-0.2, -0.15) is 10.2 Å². The first-order chi connectivity index (χ1) is 18.3. The molecular formula is C29H20BrN5S2. The van der Waals surface area contributed by atoms with Crippen molar-refractivity contribution in [3.8, 4) is 33.2 Å². The number of aromatic nitrogens is 3. The van der Waals surface area contributed by atoms with E-state index >= 15 is 0 Å². The maximum Gasteiger partial charge on any atom is 0.215 e. The standard InChI is InChI=1S/C29H20BrN5S2/c30-27-17-16-26(37-27)28-22(19-34(33-28)23-12-6-2-7-13-23)18-31-32-29-35(24-14-8-3-9-15-24)25(20-36-29)21-10-4-1-5-11-21/h1-20H/b31-18+,32-29-. The third-order valence-electron chi connectivity index (χ3n) is 5.70. The molecule has 3 aromatic carbocycles. The second-order valence-electron chi connectivity index (χ2n) is 8.10. The van der Waals surface area contributed by atoms with Gasteiger partial charge in [0.2, 0.25) is 4.80 Å². The van der Waals surface area contributed by atoms with E-state index in [9.17, 15) is 0 Å². The summed E-state index contributed by atoms with van der Waals surface area (Å²) in [6.07, 6.45) is 3.78. The minimum atomic E-state index is 0.789. The minimum Gasteiger partial charge on any atom is -0.284 e. The van der Waals surface area contributed by atoms with Gasteiger partial charge in [0.15, 0.2) is 0 Å². The Hall–Kier alpha value is -3.85. The van der Waals surface area contributed by atoms with Crippen LogP contribution in [-0.4, -0.2) is 20.6 Å². The molecule has 37 heavy (non-hydrogen) atoms. The van der Waals surface area contributed by atoms with Gasteiger partial charge in [-0.15, -0.1) is 27.8 Å². The van der Waals surface area contributed by atoms with Gasteiger partial charge in [-0.3, -0.25) is 4.57 Å². The average molecular weight is 583 g/mol. The number of hydrogen-bond donors (Lipinski definition) is 0. The molecule has 0 aliphatic heterocycles. The molecule has 6 rings (SSSR count). The zero-order valence-corrected chi connectivity index (χ0v) is 22.7. The van der Waals surface area contributed by atoms with E-state index in [1.165, 1.54) is 0 Å². The summed E-state index contributed by atoms with van der Waals surface area (Å²) in [5.41, 5.74) is 5.99. The predicted molar refractivity (Wildman–Crippen MR) is 157 cm³/mol. The van der Waals surface area contributed by atoms with Gasteiger partial charge in [-0.05, 0) is 57.9 Å². The third kappa shape index (κ3) is 5.04. The molecule has 0 atom stereocenters. The van der Waals surface area contributed by atoms with Gasteiger partial charge in [0.05, 0.1) is 26.3 Å². The lowest BCUT2D eigenvalue weighted by molar-refractivity contribution is 0.885. The molecule has 0 unspecified atom stereocenters. The number of thiazole rings is 1. The van der Waals surface area contributed by atoms with Gasteiger partial charge < -0.3 is 0 Å². The number of thiophene rings is 1. The summed E-state index contributed by atoms with van der Waals surface area (Å²) in [5, 5.41) is 16.2. The Labute approximate surface area is 230 Å². The molecular weight excluding hydrogens is 562 g/mol. The fourth-order valence-electron chi connectivity index (χ4n) is 3.99. The van der Waals surface area contributed by atoms with E-state index in [2.05, 4.69) is 66.4 Å². The first-order valence-electron chi connectivity index (χ1n) is 11.6. The van der Waals surface area contributed by atoms with E-state index in [-0.39, 0.29) is 0 Å². The first-order valence-corrected chi connectivity index (χ1v) is 14.0. The molecule has 0 N–H and O–H groups in total. The summed E-state index contributed by atoms with van der Waals surface area (Å²) in [4.78, 5) is 1.85. The molecule has 0 radical (unpaired) electrons. The van der Waals surface area contributed by atoms with Crippen LogP contribution in [0, 0.1) is 0 Å². The summed E-state index contributed by atoms with van der Waals surface area (Å²) >= 11 is 6.78. The minimum absolute atomic E-state index is 0.789. The van der Waals surface area contributed by atoms with Crippen molar-refractivity contribution < 1.29 is 0 Å². The summed E-state index contributed by atoms with van der Waals surface area (Å²) in [7, 11) is 0. The Morgan fingerprint density at radius 1 is 0.784 bits per heavy atom. The summed E-state index contributed by atoms with van der Waals surface area (Å²) in [6.45, 7) is 0. The van der Waals surface area contributed by atoms with Crippen LogP contribution in [0.2, 0.25) is 0 Å². The second-order valence-corrected chi connectivity index (χ2v) is 11.4. The number of rotatable bonds is 6. The Balaban J connectivity index is 1.44. The summed E-state index contributed by atoms with van der Waals surface area (Å²) < 4.78 is 5.08. The van der Waals surface area contributed by atoms with Gasteiger partial charge in [0.1, 0.15) is 5.69 Å². The highest BCUT2D eigenvalue weighted by molar-refractivity contribution is 9.11. The van der Waals surface area contributed by atoms with Gasteiger partial charge in [0.25, 0.3) is 0 Å². The van der Waals surface area contributed by atoms with Crippen LogP contribution >= 0.6 is 38.6 Å². The molecule has 3 heterocycles. The van der Waals surface area contributed by atoms with E-state index in [0.717, 1.165) is 47.4 Å². The van der Waals surface area contributed by atoms with Gasteiger partial charge in [-0.25, -0.2) is 4.68 Å². The van der Waals surface area contributed by atoms with E-state index in [0.29, 0.717) is 0 Å². The van der Waals surface area contributed by atoms with E-state index in [1.807, 2.05) is 83.7 Å². The van der Waals surface area contributed by atoms with E-state index < -0.39 is 0 Å². The largest absolute Gasteiger partial charge is 0.284 e. The Morgan fingerprint density at radius 3 is 2.14 bits per heavy atom. The van der Waals surface area contributed by atoms with Crippen LogP contribution in [0.25, 0.3) is 33.2 Å². The molecule has 3 aromatic heterocycles. The molecule has 0 saturated carbocycles. The highest BCUT2D eigenvalue weighted by Gasteiger charge is 2.13. The van der Waals surface area contributed by atoms with Crippen molar-refractivity contribution in [3.05, 3.63) is 129 Å². The second kappa shape index (κ2) is 10.6. The highest BCUT2D eigenvalue weighted by atomic mass is 79.9. The van der Waals surface area contributed by atoms with Crippen LogP contribution in [0.4, 0.5) is 0 Å². The van der Waals surface area contributed by atoms with Crippen LogP contribution in [0.3, 0.4) is 0 Å². The van der Waals surface area contributed by atoms with Crippen molar-refractivity contribution in [3.63, 3.8) is 0 Å². The number of halogens is 1. The lowest BCUT2D eigenvalue weighted by atomic mass is 10.1. The molecule has 5 nitrogen and oxygen atoms in total. The van der Waals surface area contributed by atoms with Crippen LogP contribution in [0.15, 0.2) is 129 Å². The van der Waals surface area contributed by atoms with Gasteiger partial charge in [-0.1, -0.05) is 66.7 Å². The van der Waals surface area contributed by atoms with Crippen molar-refractivity contribution in [2.75, 3.05) is 0 Å². The van der Waals surface area contributed by atoms with Crippen LogP contribution in [0.1, 0.15) is 5.56 Å². The van der Waals surface area contributed by atoms with Gasteiger partial charge in [0, 0.05) is 22.8 Å². The van der Waals surface area contributed by atoms with E-state index in [1.54, 1.807) is 28.9 Å². The van der Waals surface area contributed by atoms with Crippen molar-refractivity contribution in [1.29, 1.82) is 0 Å². The number of nitrogens with zero attached hydrogens (tertiary/aromatic N) is 5. The van der Waals surface area contributed by atoms with Crippen molar-refractivity contribution in [1.82, 2.24) is 14.3 Å². The molecule has 0 bridgehead atoms. The maximum absolute atomic E-state index is 4.87. The van der Waals surface area contributed by atoms with Crippen molar-refractivity contribution >= 4 is 44.8 Å². The van der Waals surface area contributed by atoms with Gasteiger partial charge >= 0.3 is 0 Å². The smallest absolute Gasteiger partial charge is 0.215 e. The average Bonchev–Trinajstić information content (AvgIpc) is 3.69. The van der Waals surface area contributed by atoms with Crippen molar-refractivity contribution in [2.45, 2.75) is 0 Å². The monoisotopic (exact) mass is 581 g/mol. The van der Waals surface area contributed by atoms with Crippen LogP contribution < -0.4 is 4.80 Å². The lowest BCUT2D eigenvalue weighted by Gasteiger charge is -2.08. The molecule has 0 saturated heterocycles. The molecule has 6 aromatic rings. The molecule has 180 valence electrons. The molecule has 8 heteroatoms. The van der Waals surface area contributed by atoms with E-state index in [4.69, 9.17) is 5.10 Å².